The summed E-state index contributed by atoms with van der Waals surface area (Å²) in [4.78, 5) is 29.7. The Morgan fingerprint density at radius 1 is 1.44 bits per heavy atom. The van der Waals surface area contributed by atoms with Crippen LogP contribution in [0.25, 0.3) is 0 Å². The Morgan fingerprint density at radius 2 is 2.32 bits per heavy atom. The lowest BCUT2D eigenvalue weighted by Gasteiger charge is -2.27. The number of pyridine rings is 1. The summed E-state index contributed by atoms with van der Waals surface area (Å²) in [6.45, 7) is 3.53. The number of rotatable bonds is 5. The molecule has 3 amide bonds. The molecule has 0 unspecified atom stereocenters. The Bertz CT molecular complexity index is 714. The van der Waals surface area contributed by atoms with Crippen LogP contribution in [0.1, 0.15) is 12.7 Å². The summed E-state index contributed by atoms with van der Waals surface area (Å²) in [5, 5.41) is 8.37. The summed E-state index contributed by atoms with van der Waals surface area (Å²) < 4.78 is 5.27. The fraction of sp³-hybridized carbons (Fsp3) is 0.353. The van der Waals surface area contributed by atoms with E-state index in [2.05, 4.69) is 20.9 Å². The van der Waals surface area contributed by atoms with Crippen molar-refractivity contribution in [2.75, 3.05) is 29.9 Å². The highest BCUT2D eigenvalue weighted by atomic mass is 16.3. The molecule has 0 aliphatic carbocycles. The van der Waals surface area contributed by atoms with Crippen molar-refractivity contribution < 1.29 is 14.0 Å². The third kappa shape index (κ3) is 4.72. The molecule has 25 heavy (non-hydrogen) atoms. The van der Waals surface area contributed by atoms with Crippen molar-refractivity contribution in [2.24, 2.45) is 0 Å². The second-order valence-corrected chi connectivity index (χ2v) is 5.96. The number of furan rings is 1. The number of nitrogens with one attached hydrogen (secondary N) is 3. The van der Waals surface area contributed by atoms with Gasteiger partial charge in [-0.25, -0.2) is 9.78 Å². The fourth-order valence-electron chi connectivity index (χ4n) is 2.65. The summed E-state index contributed by atoms with van der Waals surface area (Å²) in [5.41, 5.74) is 0.591. The third-order valence-electron chi connectivity index (χ3n) is 3.83. The molecule has 8 nitrogen and oxygen atoms in total. The molecule has 1 atom stereocenters. The summed E-state index contributed by atoms with van der Waals surface area (Å²) in [7, 11) is 0. The first kappa shape index (κ1) is 16.8. The first-order valence-corrected chi connectivity index (χ1v) is 8.18. The number of carbonyl (C=O) groups excluding carboxylic acids is 2. The quantitative estimate of drug-likeness (QED) is 0.761. The molecule has 0 saturated carbocycles. The maximum atomic E-state index is 12.0. The van der Waals surface area contributed by atoms with Crippen LogP contribution in [0.15, 0.2) is 41.1 Å². The summed E-state index contributed by atoms with van der Waals surface area (Å²) in [6.07, 6.45) is 3.81. The number of anilines is 2. The van der Waals surface area contributed by atoms with E-state index in [1.54, 1.807) is 24.6 Å². The van der Waals surface area contributed by atoms with Gasteiger partial charge in [0.25, 0.3) is 0 Å². The lowest BCUT2D eigenvalue weighted by Crippen LogP contribution is -2.48. The van der Waals surface area contributed by atoms with Crippen LogP contribution in [-0.4, -0.2) is 42.6 Å². The molecule has 132 valence electrons. The Labute approximate surface area is 145 Å². The predicted molar refractivity (Wildman–Crippen MR) is 93.5 cm³/mol. The standard InChI is InChI=1S/C17H21N5O3/c1-12(9-14-3-2-8-25-14)20-17(24)21-13-4-5-15(19-10-13)22-7-6-18-16(23)11-22/h2-5,8,10,12H,6-7,9,11H2,1H3,(H,18,23)(H2,20,21,24)/t12-/m1/s1. The Hall–Kier alpha value is -3.03. The molecule has 3 rings (SSSR count). The van der Waals surface area contributed by atoms with Crippen LogP contribution in [0, 0.1) is 0 Å². The van der Waals surface area contributed by atoms with Crippen molar-refractivity contribution >= 4 is 23.4 Å². The lowest BCUT2D eigenvalue weighted by molar-refractivity contribution is -0.120. The van der Waals surface area contributed by atoms with Gasteiger partial charge in [-0.15, -0.1) is 0 Å². The van der Waals surface area contributed by atoms with E-state index in [0.29, 0.717) is 31.0 Å². The molecule has 3 N–H and O–H groups in total. The summed E-state index contributed by atoms with van der Waals surface area (Å²) in [6, 6.07) is 6.89. The van der Waals surface area contributed by atoms with Crippen molar-refractivity contribution in [3.63, 3.8) is 0 Å². The highest BCUT2D eigenvalue weighted by Gasteiger charge is 2.17. The number of nitrogens with zero attached hydrogens (tertiary/aromatic N) is 2. The van der Waals surface area contributed by atoms with Crippen molar-refractivity contribution in [3.05, 3.63) is 42.5 Å². The first-order valence-electron chi connectivity index (χ1n) is 8.18. The molecule has 1 aliphatic rings. The summed E-state index contributed by atoms with van der Waals surface area (Å²) in [5.74, 6) is 1.52. The lowest BCUT2D eigenvalue weighted by atomic mass is 10.2. The Morgan fingerprint density at radius 3 is 3.00 bits per heavy atom. The van der Waals surface area contributed by atoms with Crippen LogP contribution in [0.4, 0.5) is 16.3 Å². The van der Waals surface area contributed by atoms with E-state index >= 15 is 0 Å². The zero-order chi connectivity index (χ0) is 17.6. The van der Waals surface area contributed by atoms with Crippen LogP contribution < -0.4 is 20.9 Å². The van der Waals surface area contributed by atoms with E-state index in [9.17, 15) is 9.59 Å². The minimum Gasteiger partial charge on any atom is -0.469 e. The number of piperazine rings is 1. The number of aromatic nitrogens is 1. The van der Waals surface area contributed by atoms with E-state index in [1.807, 2.05) is 24.0 Å². The molecule has 1 saturated heterocycles. The van der Waals surface area contributed by atoms with Gasteiger partial charge in [-0.05, 0) is 31.2 Å². The highest BCUT2D eigenvalue weighted by Crippen LogP contribution is 2.15. The highest BCUT2D eigenvalue weighted by molar-refractivity contribution is 5.89. The molecule has 0 radical (unpaired) electrons. The molecule has 2 aromatic heterocycles. The Balaban J connectivity index is 1.50. The topological polar surface area (TPSA) is 99.5 Å². The van der Waals surface area contributed by atoms with Crippen LogP contribution in [-0.2, 0) is 11.2 Å². The van der Waals surface area contributed by atoms with Gasteiger partial charge >= 0.3 is 6.03 Å². The van der Waals surface area contributed by atoms with Crippen LogP contribution >= 0.6 is 0 Å². The van der Waals surface area contributed by atoms with Gasteiger partial charge < -0.3 is 25.3 Å². The van der Waals surface area contributed by atoms with Crippen molar-refractivity contribution in [3.8, 4) is 0 Å². The number of amides is 3. The number of hydrogen-bond acceptors (Lipinski definition) is 5. The van der Waals surface area contributed by atoms with E-state index < -0.39 is 0 Å². The zero-order valence-electron chi connectivity index (χ0n) is 14.0. The van der Waals surface area contributed by atoms with E-state index in [1.165, 1.54) is 0 Å². The predicted octanol–water partition coefficient (Wildman–Crippen LogP) is 1.36. The van der Waals surface area contributed by atoms with Gasteiger partial charge in [-0.2, -0.15) is 0 Å². The fourth-order valence-corrected chi connectivity index (χ4v) is 2.65. The minimum absolute atomic E-state index is 0.0137. The average molecular weight is 343 g/mol. The molecular weight excluding hydrogens is 322 g/mol. The molecule has 1 aliphatic heterocycles. The maximum absolute atomic E-state index is 12.0. The van der Waals surface area contributed by atoms with Crippen LogP contribution in [0.5, 0.6) is 0 Å². The monoisotopic (exact) mass is 343 g/mol. The average Bonchev–Trinajstić information content (AvgIpc) is 3.08. The van der Waals surface area contributed by atoms with Crippen molar-refractivity contribution in [2.45, 2.75) is 19.4 Å². The van der Waals surface area contributed by atoms with Crippen LogP contribution in [0.2, 0.25) is 0 Å². The molecule has 0 spiro atoms. The van der Waals surface area contributed by atoms with Gasteiger partial charge in [0.05, 0.1) is 24.7 Å². The molecule has 2 aromatic rings. The Kier molecular flexibility index (Phi) is 5.17. The number of urea groups is 1. The van der Waals surface area contributed by atoms with Gasteiger partial charge in [0.15, 0.2) is 0 Å². The smallest absolute Gasteiger partial charge is 0.319 e. The van der Waals surface area contributed by atoms with Gasteiger partial charge in [-0.3, -0.25) is 4.79 Å². The van der Waals surface area contributed by atoms with Gasteiger partial charge in [0.1, 0.15) is 11.6 Å². The molecule has 3 heterocycles. The van der Waals surface area contributed by atoms with Gasteiger partial charge in [-0.1, -0.05) is 0 Å². The van der Waals surface area contributed by atoms with Crippen molar-refractivity contribution in [1.82, 2.24) is 15.6 Å². The molecular formula is C17H21N5O3. The zero-order valence-corrected chi connectivity index (χ0v) is 14.0. The van der Waals surface area contributed by atoms with Gasteiger partial charge in [0.2, 0.25) is 5.91 Å². The van der Waals surface area contributed by atoms with E-state index in [0.717, 1.165) is 12.3 Å². The molecule has 8 heteroatoms. The van der Waals surface area contributed by atoms with Gasteiger partial charge in [0, 0.05) is 25.6 Å². The second-order valence-electron chi connectivity index (χ2n) is 5.96. The molecule has 0 bridgehead atoms. The SMILES string of the molecule is C[C@H](Cc1ccco1)NC(=O)Nc1ccc(N2CCNC(=O)C2)nc1. The minimum atomic E-state index is -0.300. The summed E-state index contributed by atoms with van der Waals surface area (Å²) >= 11 is 0. The van der Waals surface area contributed by atoms with E-state index in [-0.39, 0.29) is 18.0 Å². The maximum Gasteiger partial charge on any atom is 0.319 e. The normalized spacial score (nSPS) is 15.4. The first-order chi connectivity index (χ1) is 12.1. The number of carbonyl (C=O) groups is 2. The largest absolute Gasteiger partial charge is 0.469 e. The van der Waals surface area contributed by atoms with Crippen LogP contribution in [0.3, 0.4) is 0 Å². The second kappa shape index (κ2) is 7.69. The molecule has 0 aromatic carbocycles. The molecule has 1 fully saturated rings. The number of hydrogen-bond donors (Lipinski definition) is 3. The van der Waals surface area contributed by atoms with Crippen molar-refractivity contribution in [1.29, 1.82) is 0 Å². The van der Waals surface area contributed by atoms with E-state index in [4.69, 9.17) is 4.42 Å². The third-order valence-corrected chi connectivity index (χ3v) is 3.83.